The molecule has 1 fully saturated rings. The molecule has 0 unspecified atom stereocenters. The van der Waals surface area contributed by atoms with Crippen LogP contribution in [0.5, 0.6) is 5.75 Å². The molecule has 0 atom stereocenters. The quantitative estimate of drug-likeness (QED) is 0.584. The molecule has 1 aromatic heterocycles. The maximum Gasteiger partial charge on any atom is 0.321 e. The van der Waals surface area contributed by atoms with E-state index < -0.39 is 0 Å². The number of ether oxygens (including phenoxy) is 1. The summed E-state index contributed by atoms with van der Waals surface area (Å²) >= 11 is 1.57. The van der Waals surface area contributed by atoms with Gasteiger partial charge in [0.05, 0.1) is 19.3 Å². The van der Waals surface area contributed by atoms with E-state index in [4.69, 9.17) is 4.74 Å². The van der Waals surface area contributed by atoms with Crippen LogP contribution in [-0.4, -0.2) is 42.0 Å². The second-order valence-corrected chi connectivity index (χ2v) is 8.51. The summed E-state index contributed by atoms with van der Waals surface area (Å²) in [4.78, 5) is 31.5. The summed E-state index contributed by atoms with van der Waals surface area (Å²) < 4.78 is 5.19. The minimum absolute atomic E-state index is 0.0205. The number of amides is 3. The molecule has 0 spiro atoms. The average Bonchev–Trinajstić information content (AvgIpc) is 3.32. The highest BCUT2D eigenvalue weighted by Crippen LogP contribution is 2.24. The summed E-state index contributed by atoms with van der Waals surface area (Å²) in [5, 5.41) is 8.82. The van der Waals surface area contributed by atoms with Crippen molar-refractivity contribution in [3.63, 3.8) is 0 Å². The van der Waals surface area contributed by atoms with Crippen molar-refractivity contribution in [3.05, 3.63) is 65.7 Å². The standard InChI is InChI=1S/C24H26N4O3S/c1-31-21-9-5-8-19(14-21)27-24(30)28-12-10-17(11-13-28)22(29)25-15-20-16-32-23(26-20)18-6-3-2-4-7-18/h2-9,14,16-17H,10-13,15H2,1H3,(H,25,29)(H,27,30). The number of carbonyl (C=O) groups is 2. The number of thiazole rings is 1. The second-order valence-electron chi connectivity index (χ2n) is 7.65. The Morgan fingerprint density at radius 1 is 1.12 bits per heavy atom. The van der Waals surface area contributed by atoms with Crippen molar-refractivity contribution in [1.29, 1.82) is 0 Å². The van der Waals surface area contributed by atoms with Crippen molar-refractivity contribution in [1.82, 2.24) is 15.2 Å². The van der Waals surface area contributed by atoms with E-state index in [0.29, 0.717) is 43.9 Å². The number of methoxy groups -OCH3 is 1. The van der Waals surface area contributed by atoms with E-state index in [1.54, 1.807) is 29.4 Å². The molecule has 0 radical (unpaired) electrons. The smallest absolute Gasteiger partial charge is 0.321 e. The first-order valence-electron chi connectivity index (χ1n) is 10.6. The molecule has 7 nitrogen and oxygen atoms in total. The third-order valence-corrected chi connectivity index (χ3v) is 6.43. The number of rotatable bonds is 6. The largest absolute Gasteiger partial charge is 0.497 e. The number of likely N-dealkylation sites (tertiary alicyclic amines) is 1. The number of benzene rings is 2. The zero-order valence-corrected chi connectivity index (χ0v) is 18.7. The van der Waals surface area contributed by atoms with Crippen LogP contribution in [0.25, 0.3) is 10.6 Å². The predicted octanol–water partition coefficient (Wildman–Crippen LogP) is 4.38. The molecule has 4 rings (SSSR count). The van der Waals surface area contributed by atoms with Crippen LogP contribution >= 0.6 is 11.3 Å². The molecule has 1 saturated heterocycles. The van der Waals surface area contributed by atoms with Gasteiger partial charge in [-0.15, -0.1) is 11.3 Å². The van der Waals surface area contributed by atoms with Crippen LogP contribution in [0.15, 0.2) is 60.0 Å². The third-order valence-electron chi connectivity index (χ3n) is 5.49. The van der Waals surface area contributed by atoms with Gasteiger partial charge in [0.15, 0.2) is 0 Å². The van der Waals surface area contributed by atoms with E-state index in [2.05, 4.69) is 15.6 Å². The lowest BCUT2D eigenvalue weighted by atomic mass is 9.96. The van der Waals surface area contributed by atoms with Gasteiger partial charge in [0.2, 0.25) is 5.91 Å². The number of hydrogen-bond acceptors (Lipinski definition) is 5. The topological polar surface area (TPSA) is 83.6 Å². The van der Waals surface area contributed by atoms with Gasteiger partial charge >= 0.3 is 6.03 Å². The highest BCUT2D eigenvalue weighted by molar-refractivity contribution is 7.13. The van der Waals surface area contributed by atoms with Gasteiger partial charge in [-0.3, -0.25) is 4.79 Å². The first-order valence-corrected chi connectivity index (χ1v) is 11.5. The molecule has 0 saturated carbocycles. The lowest BCUT2D eigenvalue weighted by Gasteiger charge is -2.31. The fourth-order valence-corrected chi connectivity index (χ4v) is 4.50. The fourth-order valence-electron chi connectivity index (χ4n) is 3.67. The van der Waals surface area contributed by atoms with Crippen LogP contribution < -0.4 is 15.4 Å². The van der Waals surface area contributed by atoms with Crippen LogP contribution in [0.2, 0.25) is 0 Å². The molecule has 2 aromatic carbocycles. The summed E-state index contributed by atoms with van der Waals surface area (Å²) in [5.74, 6) is 0.615. The summed E-state index contributed by atoms with van der Waals surface area (Å²) in [6.45, 7) is 1.50. The van der Waals surface area contributed by atoms with E-state index in [1.807, 2.05) is 53.9 Å². The molecule has 0 bridgehead atoms. The average molecular weight is 451 g/mol. The molecule has 1 aliphatic rings. The normalized spacial score (nSPS) is 14.1. The molecule has 1 aliphatic heterocycles. The molecule has 2 heterocycles. The number of piperidine rings is 1. The molecule has 166 valence electrons. The SMILES string of the molecule is COc1cccc(NC(=O)N2CCC(C(=O)NCc3csc(-c4ccccc4)n3)CC2)c1. The highest BCUT2D eigenvalue weighted by atomic mass is 32.1. The van der Waals surface area contributed by atoms with Gasteiger partial charge < -0.3 is 20.3 Å². The first-order chi connectivity index (χ1) is 15.6. The van der Waals surface area contributed by atoms with Crippen LogP contribution in [0, 0.1) is 5.92 Å². The molecule has 3 amide bonds. The van der Waals surface area contributed by atoms with Crippen molar-refractivity contribution < 1.29 is 14.3 Å². The van der Waals surface area contributed by atoms with Gasteiger partial charge in [-0.05, 0) is 25.0 Å². The summed E-state index contributed by atoms with van der Waals surface area (Å²) in [7, 11) is 1.59. The van der Waals surface area contributed by atoms with E-state index in [9.17, 15) is 9.59 Å². The zero-order valence-electron chi connectivity index (χ0n) is 17.9. The van der Waals surface area contributed by atoms with Crippen molar-refractivity contribution in [2.24, 2.45) is 5.92 Å². The molecule has 8 heteroatoms. The first kappa shape index (κ1) is 21.8. The number of carbonyl (C=O) groups excluding carboxylic acids is 2. The molecule has 2 N–H and O–H groups in total. The van der Waals surface area contributed by atoms with Crippen LogP contribution in [0.1, 0.15) is 18.5 Å². The number of nitrogens with one attached hydrogen (secondary N) is 2. The van der Waals surface area contributed by atoms with E-state index in [0.717, 1.165) is 16.3 Å². The van der Waals surface area contributed by atoms with Crippen molar-refractivity contribution >= 4 is 29.0 Å². The Bertz CT molecular complexity index is 1060. The number of nitrogens with zero attached hydrogens (tertiary/aromatic N) is 2. The lowest BCUT2D eigenvalue weighted by Crippen LogP contribution is -2.44. The van der Waals surface area contributed by atoms with Crippen LogP contribution in [-0.2, 0) is 11.3 Å². The van der Waals surface area contributed by atoms with Crippen molar-refractivity contribution in [3.8, 4) is 16.3 Å². The summed E-state index contributed by atoms with van der Waals surface area (Å²) in [6, 6.07) is 17.1. The molecule has 3 aromatic rings. The van der Waals surface area contributed by atoms with Gasteiger partial charge in [0.1, 0.15) is 10.8 Å². The van der Waals surface area contributed by atoms with E-state index in [-0.39, 0.29) is 17.9 Å². The summed E-state index contributed by atoms with van der Waals surface area (Å²) in [5.41, 5.74) is 2.62. The van der Waals surface area contributed by atoms with Gasteiger partial charge in [0.25, 0.3) is 0 Å². The number of anilines is 1. The minimum atomic E-state index is -0.159. The van der Waals surface area contributed by atoms with Crippen molar-refractivity contribution in [2.45, 2.75) is 19.4 Å². The van der Waals surface area contributed by atoms with Gasteiger partial charge in [-0.1, -0.05) is 36.4 Å². The zero-order chi connectivity index (χ0) is 22.3. The predicted molar refractivity (Wildman–Crippen MR) is 126 cm³/mol. The Kier molecular flexibility index (Phi) is 7.01. The molecular weight excluding hydrogens is 424 g/mol. The Labute approximate surface area is 191 Å². The van der Waals surface area contributed by atoms with Gasteiger partial charge in [-0.25, -0.2) is 9.78 Å². The molecule has 0 aliphatic carbocycles. The fraction of sp³-hybridized carbons (Fsp3) is 0.292. The summed E-state index contributed by atoms with van der Waals surface area (Å²) in [6.07, 6.45) is 1.29. The molecular formula is C24H26N4O3S. The number of urea groups is 1. The van der Waals surface area contributed by atoms with Gasteiger partial charge in [0, 0.05) is 41.7 Å². The number of aromatic nitrogens is 1. The van der Waals surface area contributed by atoms with Crippen LogP contribution in [0.4, 0.5) is 10.5 Å². The monoisotopic (exact) mass is 450 g/mol. The van der Waals surface area contributed by atoms with E-state index in [1.165, 1.54) is 0 Å². The van der Waals surface area contributed by atoms with Gasteiger partial charge in [-0.2, -0.15) is 0 Å². The maximum atomic E-state index is 12.6. The van der Waals surface area contributed by atoms with E-state index >= 15 is 0 Å². The number of hydrogen-bond donors (Lipinski definition) is 2. The van der Waals surface area contributed by atoms with Crippen molar-refractivity contribution in [2.75, 3.05) is 25.5 Å². The molecule has 32 heavy (non-hydrogen) atoms. The Hall–Kier alpha value is -3.39. The Balaban J connectivity index is 1.23. The minimum Gasteiger partial charge on any atom is -0.497 e. The maximum absolute atomic E-state index is 12.6. The third kappa shape index (κ3) is 5.45. The Morgan fingerprint density at radius 3 is 2.66 bits per heavy atom. The highest BCUT2D eigenvalue weighted by Gasteiger charge is 2.27. The lowest BCUT2D eigenvalue weighted by molar-refractivity contribution is -0.126. The Morgan fingerprint density at radius 2 is 1.91 bits per heavy atom. The second kappa shape index (κ2) is 10.3. The van der Waals surface area contributed by atoms with Crippen LogP contribution in [0.3, 0.4) is 0 Å².